The van der Waals surface area contributed by atoms with E-state index in [0.717, 1.165) is 6.26 Å². The maximum Gasteiger partial charge on any atom is 0.303 e. The van der Waals surface area contributed by atoms with Crippen molar-refractivity contribution in [2.24, 2.45) is 0 Å². The molecule has 5 nitrogen and oxygen atoms in total. The van der Waals surface area contributed by atoms with E-state index in [1.165, 1.54) is 12.3 Å². The third-order valence-corrected chi connectivity index (χ3v) is 3.15. The number of aryl methyl sites for hydroxylation is 1. The van der Waals surface area contributed by atoms with Gasteiger partial charge >= 0.3 is 5.97 Å². The van der Waals surface area contributed by atoms with E-state index in [1.807, 2.05) is 0 Å². The highest BCUT2D eigenvalue weighted by Gasteiger charge is 2.07. The molecule has 0 aliphatic heterocycles. The second-order valence-corrected chi connectivity index (χ2v) is 5.52. The number of pyridine rings is 1. The highest BCUT2D eigenvalue weighted by Crippen LogP contribution is 2.09. The Balaban J connectivity index is 2.62. The molecule has 0 aliphatic rings. The number of hydrogen-bond donors (Lipinski definition) is 1. The average molecular weight is 243 g/mol. The van der Waals surface area contributed by atoms with E-state index < -0.39 is 15.8 Å². The van der Waals surface area contributed by atoms with Gasteiger partial charge in [0.1, 0.15) is 0 Å². The van der Waals surface area contributed by atoms with Gasteiger partial charge in [-0.3, -0.25) is 9.78 Å². The van der Waals surface area contributed by atoms with Crippen LogP contribution < -0.4 is 0 Å². The van der Waals surface area contributed by atoms with E-state index >= 15 is 0 Å². The number of aliphatic carboxylic acids is 1. The molecule has 0 saturated carbocycles. The molecule has 1 heterocycles. The standard InChI is InChI=1S/C10H13NO4S/c1-16(14,15)9-6-5-8(11-7-9)3-2-4-10(12)13/h5-7H,2-4H2,1H3,(H,12,13). The zero-order valence-corrected chi connectivity index (χ0v) is 9.70. The summed E-state index contributed by atoms with van der Waals surface area (Å²) in [6.07, 6.45) is 3.55. The Hall–Kier alpha value is -1.43. The van der Waals surface area contributed by atoms with Gasteiger partial charge < -0.3 is 5.11 Å². The lowest BCUT2D eigenvalue weighted by Crippen LogP contribution is -2.00. The first-order valence-electron chi connectivity index (χ1n) is 4.76. The molecule has 16 heavy (non-hydrogen) atoms. The van der Waals surface area contributed by atoms with Crippen LogP contribution in [0.1, 0.15) is 18.5 Å². The molecule has 0 aromatic carbocycles. The molecule has 0 bridgehead atoms. The molecular formula is C10H13NO4S. The highest BCUT2D eigenvalue weighted by atomic mass is 32.2. The van der Waals surface area contributed by atoms with Crippen molar-refractivity contribution in [2.75, 3.05) is 6.26 Å². The molecule has 6 heteroatoms. The number of sulfone groups is 1. The summed E-state index contributed by atoms with van der Waals surface area (Å²) in [4.78, 5) is 14.4. The minimum absolute atomic E-state index is 0.0928. The van der Waals surface area contributed by atoms with Gasteiger partial charge in [0.25, 0.3) is 0 Å². The van der Waals surface area contributed by atoms with E-state index in [2.05, 4.69) is 4.98 Å². The first-order valence-corrected chi connectivity index (χ1v) is 6.65. The highest BCUT2D eigenvalue weighted by molar-refractivity contribution is 7.90. The van der Waals surface area contributed by atoms with Crippen molar-refractivity contribution in [3.8, 4) is 0 Å². The molecule has 1 rings (SSSR count). The van der Waals surface area contributed by atoms with Crippen LogP contribution in [-0.4, -0.2) is 30.7 Å². The van der Waals surface area contributed by atoms with E-state index in [1.54, 1.807) is 6.07 Å². The minimum Gasteiger partial charge on any atom is -0.481 e. The van der Waals surface area contributed by atoms with Crippen LogP contribution in [0.5, 0.6) is 0 Å². The monoisotopic (exact) mass is 243 g/mol. The SMILES string of the molecule is CS(=O)(=O)c1ccc(CCCC(=O)O)nc1. The van der Waals surface area contributed by atoms with Crippen molar-refractivity contribution >= 4 is 15.8 Å². The molecule has 0 radical (unpaired) electrons. The van der Waals surface area contributed by atoms with Crippen molar-refractivity contribution < 1.29 is 18.3 Å². The van der Waals surface area contributed by atoms with Crippen LogP contribution in [0.25, 0.3) is 0 Å². The summed E-state index contributed by atoms with van der Waals surface area (Å²) in [5.41, 5.74) is 0.702. The number of nitrogens with zero attached hydrogens (tertiary/aromatic N) is 1. The number of carbonyl (C=O) groups is 1. The lowest BCUT2D eigenvalue weighted by molar-refractivity contribution is -0.137. The summed E-state index contributed by atoms with van der Waals surface area (Å²) in [5, 5.41) is 8.44. The lowest BCUT2D eigenvalue weighted by atomic mass is 10.2. The van der Waals surface area contributed by atoms with Crippen LogP contribution in [-0.2, 0) is 21.1 Å². The van der Waals surface area contributed by atoms with Crippen LogP contribution in [0.15, 0.2) is 23.2 Å². The van der Waals surface area contributed by atoms with E-state index in [0.29, 0.717) is 18.5 Å². The number of aromatic nitrogens is 1. The van der Waals surface area contributed by atoms with E-state index in [-0.39, 0.29) is 11.3 Å². The van der Waals surface area contributed by atoms with Crippen molar-refractivity contribution in [1.29, 1.82) is 0 Å². The Kier molecular flexibility index (Phi) is 4.00. The van der Waals surface area contributed by atoms with Gasteiger partial charge in [-0.15, -0.1) is 0 Å². The van der Waals surface area contributed by atoms with Crippen LogP contribution in [0.3, 0.4) is 0 Å². The predicted molar refractivity (Wildman–Crippen MR) is 57.9 cm³/mol. The molecule has 1 N–H and O–H groups in total. The molecule has 0 saturated heterocycles. The van der Waals surface area contributed by atoms with Gasteiger partial charge in [0.15, 0.2) is 9.84 Å². The zero-order chi connectivity index (χ0) is 12.2. The zero-order valence-electron chi connectivity index (χ0n) is 8.88. The van der Waals surface area contributed by atoms with Crippen LogP contribution >= 0.6 is 0 Å². The van der Waals surface area contributed by atoms with Crippen LogP contribution in [0.4, 0.5) is 0 Å². The first kappa shape index (κ1) is 12.6. The first-order chi connectivity index (χ1) is 7.39. The summed E-state index contributed by atoms with van der Waals surface area (Å²) >= 11 is 0. The Labute approximate surface area is 94.1 Å². The maximum absolute atomic E-state index is 11.1. The van der Waals surface area contributed by atoms with Gasteiger partial charge in [0, 0.05) is 24.6 Å². The van der Waals surface area contributed by atoms with Gasteiger partial charge in [-0.2, -0.15) is 0 Å². The average Bonchev–Trinajstić information content (AvgIpc) is 2.16. The van der Waals surface area contributed by atoms with Crippen molar-refractivity contribution in [2.45, 2.75) is 24.2 Å². The van der Waals surface area contributed by atoms with Gasteiger partial charge in [-0.1, -0.05) is 0 Å². The van der Waals surface area contributed by atoms with Gasteiger partial charge in [0.2, 0.25) is 0 Å². The second kappa shape index (κ2) is 5.07. The topological polar surface area (TPSA) is 84.3 Å². The molecular weight excluding hydrogens is 230 g/mol. The fourth-order valence-electron chi connectivity index (χ4n) is 1.20. The summed E-state index contributed by atoms with van der Waals surface area (Å²) in [7, 11) is -3.21. The summed E-state index contributed by atoms with van der Waals surface area (Å²) in [6, 6.07) is 3.09. The molecule has 1 aromatic heterocycles. The molecule has 0 aliphatic carbocycles. The van der Waals surface area contributed by atoms with Crippen LogP contribution in [0, 0.1) is 0 Å². The Morgan fingerprint density at radius 1 is 1.44 bits per heavy atom. The van der Waals surface area contributed by atoms with Crippen molar-refractivity contribution in [3.63, 3.8) is 0 Å². The molecule has 1 aromatic rings. The molecule has 0 amide bonds. The molecule has 0 atom stereocenters. The number of hydrogen-bond acceptors (Lipinski definition) is 4. The van der Waals surface area contributed by atoms with Gasteiger partial charge in [-0.05, 0) is 25.0 Å². The molecule has 0 fully saturated rings. The fourth-order valence-corrected chi connectivity index (χ4v) is 1.76. The summed E-state index contributed by atoms with van der Waals surface area (Å²) in [5.74, 6) is -0.840. The summed E-state index contributed by atoms with van der Waals surface area (Å²) in [6.45, 7) is 0. The van der Waals surface area contributed by atoms with E-state index in [9.17, 15) is 13.2 Å². The maximum atomic E-state index is 11.1. The van der Waals surface area contributed by atoms with E-state index in [4.69, 9.17) is 5.11 Å². The summed E-state index contributed by atoms with van der Waals surface area (Å²) < 4.78 is 22.3. The number of carboxylic acid groups (broad SMARTS) is 1. The minimum atomic E-state index is -3.21. The largest absolute Gasteiger partial charge is 0.481 e. The van der Waals surface area contributed by atoms with Crippen molar-refractivity contribution in [1.82, 2.24) is 4.98 Å². The number of rotatable bonds is 5. The van der Waals surface area contributed by atoms with Crippen molar-refractivity contribution in [3.05, 3.63) is 24.0 Å². The van der Waals surface area contributed by atoms with Gasteiger partial charge in [-0.25, -0.2) is 8.42 Å². The molecule has 88 valence electrons. The Morgan fingerprint density at radius 2 is 2.12 bits per heavy atom. The predicted octanol–water partition coefficient (Wildman–Crippen LogP) is 0.892. The smallest absolute Gasteiger partial charge is 0.303 e. The quantitative estimate of drug-likeness (QED) is 0.830. The Morgan fingerprint density at radius 3 is 2.56 bits per heavy atom. The molecule has 0 unspecified atom stereocenters. The number of carboxylic acids is 1. The Bertz CT molecular complexity index is 464. The lowest BCUT2D eigenvalue weighted by Gasteiger charge is -2.01. The fraction of sp³-hybridized carbons (Fsp3) is 0.400. The molecule has 0 spiro atoms. The normalized spacial score (nSPS) is 11.3. The second-order valence-electron chi connectivity index (χ2n) is 3.50. The van der Waals surface area contributed by atoms with Crippen LogP contribution in [0.2, 0.25) is 0 Å². The van der Waals surface area contributed by atoms with Gasteiger partial charge in [0.05, 0.1) is 4.90 Å². The third-order valence-electron chi connectivity index (χ3n) is 2.05. The third kappa shape index (κ3) is 3.98.